The zero-order valence-corrected chi connectivity index (χ0v) is 22.8. The van der Waals surface area contributed by atoms with Crippen LogP contribution in [0.2, 0.25) is 0 Å². The molecule has 8 heteroatoms. The van der Waals surface area contributed by atoms with Crippen LogP contribution in [0.25, 0.3) is 0 Å². The number of carbonyl (C=O) groups is 3. The van der Waals surface area contributed by atoms with Gasteiger partial charge in [-0.05, 0) is 72.9 Å². The Hall–Kier alpha value is -2.87. The SMILES string of the molecule is CC(C)(C)C1CCC(N(Cc2ccc(C(=O)NCCC(=O)O)cc2)C(=O)Nc2cccc(Br)c2)CC1. The summed E-state index contributed by atoms with van der Waals surface area (Å²) in [5, 5.41) is 14.4. The number of hydrogen-bond acceptors (Lipinski definition) is 3. The maximum Gasteiger partial charge on any atom is 0.322 e. The van der Waals surface area contributed by atoms with Crippen LogP contribution >= 0.6 is 15.9 Å². The van der Waals surface area contributed by atoms with Crippen LogP contribution < -0.4 is 10.6 Å². The third kappa shape index (κ3) is 8.08. The van der Waals surface area contributed by atoms with E-state index in [4.69, 9.17) is 5.11 Å². The molecule has 0 atom stereocenters. The van der Waals surface area contributed by atoms with Gasteiger partial charge in [0.25, 0.3) is 5.91 Å². The highest BCUT2D eigenvalue weighted by atomic mass is 79.9. The average molecular weight is 559 g/mol. The molecule has 0 bridgehead atoms. The van der Waals surface area contributed by atoms with Crippen molar-refractivity contribution in [2.75, 3.05) is 11.9 Å². The van der Waals surface area contributed by atoms with Gasteiger partial charge >= 0.3 is 12.0 Å². The van der Waals surface area contributed by atoms with Crippen molar-refractivity contribution >= 4 is 39.5 Å². The van der Waals surface area contributed by atoms with Crippen molar-refractivity contribution < 1.29 is 19.5 Å². The molecule has 1 aliphatic carbocycles. The summed E-state index contributed by atoms with van der Waals surface area (Å²) in [4.78, 5) is 38.3. The molecule has 3 rings (SSSR count). The van der Waals surface area contributed by atoms with Crippen molar-refractivity contribution in [3.8, 4) is 0 Å². The van der Waals surface area contributed by atoms with Gasteiger partial charge in [0.15, 0.2) is 0 Å². The first kappa shape index (κ1) is 27.7. The molecule has 1 saturated carbocycles. The van der Waals surface area contributed by atoms with E-state index >= 15 is 0 Å². The minimum Gasteiger partial charge on any atom is -0.481 e. The first-order valence-corrected chi connectivity index (χ1v) is 13.2. The number of anilines is 1. The Balaban J connectivity index is 1.72. The molecule has 3 amide bonds. The third-order valence-electron chi connectivity index (χ3n) is 6.89. The number of nitrogens with zero attached hydrogens (tertiary/aromatic N) is 1. The van der Waals surface area contributed by atoms with Gasteiger partial charge in [-0.15, -0.1) is 0 Å². The summed E-state index contributed by atoms with van der Waals surface area (Å²) in [5.41, 5.74) is 2.38. The van der Waals surface area contributed by atoms with Gasteiger partial charge in [-0.3, -0.25) is 9.59 Å². The molecule has 2 aromatic rings. The van der Waals surface area contributed by atoms with Gasteiger partial charge in [0.1, 0.15) is 0 Å². The summed E-state index contributed by atoms with van der Waals surface area (Å²) in [7, 11) is 0. The second-order valence-corrected chi connectivity index (χ2v) is 11.5. The highest BCUT2D eigenvalue weighted by Crippen LogP contribution is 2.39. The van der Waals surface area contributed by atoms with Crippen molar-refractivity contribution in [1.29, 1.82) is 0 Å². The Bertz CT molecular complexity index is 1060. The Kier molecular flexibility index (Phi) is 9.54. The maximum atomic E-state index is 13.4. The quantitative estimate of drug-likeness (QED) is 0.355. The predicted octanol–water partition coefficient (Wildman–Crippen LogP) is 6.29. The van der Waals surface area contributed by atoms with E-state index in [0.29, 0.717) is 18.0 Å². The minimum absolute atomic E-state index is 0.0801. The van der Waals surface area contributed by atoms with E-state index in [-0.39, 0.29) is 36.4 Å². The molecule has 2 aromatic carbocycles. The van der Waals surface area contributed by atoms with Crippen molar-refractivity contribution in [3.63, 3.8) is 0 Å². The number of carboxylic acid groups (broad SMARTS) is 1. The number of hydrogen-bond donors (Lipinski definition) is 3. The van der Waals surface area contributed by atoms with E-state index in [1.165, 1.54) is 0 Å². The van der Waals surface area contributed by atoms with E-state index in [1.807, 2.05) is 41.3 Å². The van der Waals surface area contributed by atoms with E-state index in [9.17, 15) is 14.4 Å². The minimum atomic E-state index is -0.955. The van der Waals surface area contributed by atoms with E-state index in [0.717, 1.165) is 41.4 Å². The van der Waals surface area contributed by atoms with Gasteiger partial charge < -0.3 is 20.6 Å². The molecule has 7 nitrogen and oxygen atoms in total. The highest BCUT2D eigenvalue weighted by Gasteiger charge is 2.33. The first-order chi connectivity index (χ1) is 17.0. The topological polar surface area (TPSA) is 98.7 Å². The molecule has 194 valence electrons. The van der Waals surface area contributed by atoms with Crippen LogP contribution in [-0.2, 0) is 11.3 Å². The maximum absolute atomic E-state index is 13.4. The Labute approximate surface area is 221 Å². The molecule has 1 fully saturated rings. The van der Waals surface area contributed by atoms with E-state index < -0.39 is 5.97 Å². The summed E-state index contributed by atoms with van der Waals surface area (Å²) in [5.74, 6) is -0.626. The Morgan fingerprint density at radius 3 is 2.28 bits per heavy atom. The lowest BCUT2D eigenvalue weighted by molar-refractivity contribution is -0.136. The molecule has 0 heterocycles. The van der Waals surface area contributed by atoms with Crippen LogP contribution in [0.4, 0.5) is 10.5 Å². The number of rotatable bonds is 8. The normalized spacial score (nSPS) is 17.8. The molecule has 0 saturated heterocycles. The summed E-state index contributed by atoms with van der Waals surface area (Å²) in [6.07, 6.45) is 3.97. The molecule has 1 aliphatic rings. The van der Waals surface area contributed by atoms with Crippen molar-refractivity contribution in [2.45, 2.75) is 65.5 Å². The van der Waals surface area contributed by atoms with Gasteiger partial charge in [0.05, 0.1) is 6.42 Å². The molecule has 0 radical (unpaired) electrons. The molecular weight excluding hydrogens is 522 g/mol. The average Bonchev–Trinajstić information content (AvgIpc) is 2.82. The molecule has 0 aromatic heterocycles. The van der Waals surface area contributed by atoms with Crippen LogP contribution in [0.5, 0.6) is 0 Å². The largest absolute Gasteiger partial charge is 0.481 e. The standard InChI is InChI=1S/C28H36BrN3O4/c1-28(2,3)21-11-13-24(14-12-21)32(27(36)31-23-6-4-5-22(29)17-23)18-19-7-9-20(10-8-19)26(35)30-16-15-25(33)34/h4-10,17,21,24H,11-16,18H2,1-3H3,(H,30,35)(H,31,36)(H,33,34). The second kappa shape index (κ2) is 12.4. The van der Waals surface area contributed by atoms with Crippen molar-refractivity contribution in [3.05, 3.63) is 64.1 Å². The van der Waals surface area contributed by atoms with Crippen LogP contribution in [-0.4, -0.2) is 40.5 Å². The van der Waals surface area contributed by atoms with Gasteiger partial charge in [0.2, 0.25) is 0 Å². The van der Waals surface area contributed by atoms with E-state index in [1.54, 1.807) is 12.1 Å². The van der Waals surface area contributed by atoms with Crippen molar-refractivity contribution in [2.24, 2.45) is 11.3 Å². The summed E-state index contributed by atoms with van der Waals surface area (Å²) >= 11 is 3.46. The predicted molar refractivity (Wildman–Crippen MR) is 145 cm³/mol. The first-order valence-electron chi connectivity index (χ1n) is 12.4. The van der Waals surface area contributed by atoms with Gasteiger partial charge in [-0.2, -0.15) is 0 Å². The van der Waals surface area contributed by atoms with Crippen LogP contribution in [0.3, 0.4) is 0 Å². The van der Waals surface area contributed by atoms with Crippen LogP contribution in [0, 0.1) is 11.3 Å². The number of carboxylic acids is 1. The summed E-state index contributed by atoms with van der Waals surface area (Å²) in [6, 6.07) is 14.7. The lowest BCUT2D eigenvalue weighted by Crippen LogP contribution is -2.45. The molecule has 3 N–H and O–H groups in total. The van der Waals surface area contributed by atoms with Gasteiger partial charge in [-0.1, -0.05) is 54.9 Å². The van der Waals surface area contributed by atoms with Crippen molar-refractivity contribution in [1.82, 2.24) is 10.2 Å². The fraction of sp³-hybridized carbons (Fsp3) is 0.464. The number of aliphatic carboxylic acids is 1. The zero-order valence-electron chi connectivity index (χ0n) is 21.2. The number of benzene rings is 2. The fourth-order valence-electron chi connectivity index (χ4n) is 4.73. The number of carbonyl (C=O) groups excluding carboxylic acids is 2. The highest BCUT2D eigenvalue weighted by molar-refractivity contribution is 9.10. The zero-order chi connectivity index (χ0) is 26.3. The molecule has 0 spiro atoms. The molecule has 0 unspecified atom stereocenters. The fourth-order valence-corrected chi connectivity index (χ4v) is 5.12. The van der Waals surface area contributed by atoms with E-state index in [2.05, 4.69) is 47.3 Å². The molecule has 36 heavy (non-hydrogen) atoms. The smallest absolute Gasteiger partial charge is 0.322 e. The lowest BCUT2D eigenvalue weighted by Gasteiger charge is -2.41. The van der Waals surface area contributed by atoms with Gasteiger partial charge in [0, 0.05) is 34.9 Å². The Morgan fingerprint density at radius 1 is 1.03 bits per heavy atom. The lowest BCUT2D eigenvalue weighted by atomic mass is 9.71. The van der Waals surface area contributed by atoms with Crippen LogP contribution in [0.1, 0.15) is 68.8 Å². The monoisotopic (exact) mass is 557 g/mol. The van der Waals surface area contributed by atoms with Gasteiger partial charge in [-0.25, -0.2) is 4.79 Å². The number of halogens is 1. The van der Waals surface area contributed by atoms with Crippen LogP contribution in [0.15, 0.2) is 53.0 Å². The second-order valence-electron chi connectivity index (χ2n) is 10.5. The number of amides is 3. The number of urea groups is 1. The Morgan fingerprint density at radius 2 is 1.69 bits per heavy atom. The summed E-state index contributed by atoms with van der Waals surface area (Å²) in [6.45, 7) is 7.38. The molecular formula is C28H36BrN3O4. The molecule has 0 aliphatic heterocycles. The number of nitrogens with one attached hydrogen (secondary N) is 2. The summed E-state index contributed by atoms with van der Waals surface area (Å²) < 4.78 is 0.898. The third-order valence-corrected chi connectivity index (χ3v) is 7.39.